The number of fused-ring (bicyclic) bond motifs is 1. The minimum atomic E-state index is -4.39. The molecule has 4 aliphatic rings. The molecule has 60 heavy (non-hydrogen) atoms. The van der Waals surface area contributed by atoms with Crippen molar-refractivity contribution >= 4 is 46.3 Å². The van der Waals surface area contributed by atoms with Gasteiger partial charge in [-0.05, 0) is 80.0 Å². The number of amidine groups is 1. The van der Waals surface area contributed by atoms with E-state index in [9.17, 15) is 24.8 Å². The number of anilines is 1. The third-order valence-corrected chi connectivity index (χ3v) is 11.5. The van der Waals surface area contributed by atoms with Crippen LogP contribution in [0.15, 0.2) is 103 Å². The highest BCUT2D eigenvalue weighted by Crippen LogP contribution is 2.41. The Balaban J connectivity index is 1.21. The van der Waals surface area contributed by atoms with Crippen molar-refractivity contribution in [1.82, 2.24) is 14.5 Å². The molecule has 0 aromatic heterocycles. The molecule has 4 atom stereocenters. The number of rotatable bonds is 16. The number of carbonyl (C=O) groups excluding carboxylic acids is 1. The highest BCUT2D eigenvalue weighted by Gasteiger charge is 2.56. The van der Waals surface area contributed by atoms with Crippen LogP contribution in [0.4, 0.5) is 10.5 Å². The van der Waals surface area contributed by atoms with Crippen LogP contribution < -0.4 is 9.96 Å². The smallest absolute Gasteiger partial charge is 0.430 e. The number of benzene rings is 4. The molecule has 0 spiro atoms. The number of amides is 2. The van der Waals surface area contributed by atoms with Crippen LogP contribution >= 0.6 is 7.60 Å². The molecule has 4 heterocycles. The van der Waals surface area contributed by atoms with Crippen molar-refractivity contribution in [2.45, 2.75) is 76.7 Å². The molecule has 4 aliphatic heterocycles. The van der Waals surface area contributed by atoms with Crippen molar-refractivity contribution in [1.29, 1.82) is 5.41 Å². The maximum absolute atomic E-state index is 15.7. The highest BCUT2D eigenvalue weighted by atomic mass is 31.2. The summed E-state index contributed by atoms with van der Waals surface area (Å²) < 4.78 is 43.6. The van der Waals surface area contributed by atoms with E-state index in [0.717, 1.165) is 22.3 Å². The number of nitrogens with zero attached hydrogens (tertiary/aromatic N) is 3. The lowest BCUT2D eigenvalue weighted by atomic mass is 9.75. The van der Waals surface area contributed by atoms with Gasteiger partial charge in [0.25, 0.3) is 0 Å². The fourth-order valence-electron chi connectivity index (χ4n) is 8.25. The van der Waals surface area contributed by atoms with Crippen LogP contribution in [0.2, 0.25) is 6.82 Å². The van der Waals surface area contributed by atoms with E-state index in [1.807, 2.05) is 103 Å². The number of nitrogens with one attached hydrogen (secondary N) is 2. The van der Waals surface area contributed by atoms with Gasteiger partial charge in [0.1, 0.15) is 23.8 Å². The maximum atomic E-state index is 15.7. The largest absolute Gasteiger partial charge is 0.481 e. The summed E-state index contributed by atoms with van der Waals surface area (Å²) in [5.74, 6) is -0.496. The van der Waals surface area contributed by atoms with Crippen LogP contribution in [0.25, 0.3) is 0 Å². The molecule has 2 amide bonds. The number of hydrogen-bond donors (Lipinski definition) is 5. The van der Waals surface area contributed by atoms with E-state index in [2.05, 4.69) is 5.23 Å². The van der Waals surface area contributed by atoms with Gasteiger partial charge in [-0.25, -0.2) is 4.79 Å². The van der Waals surface area contributed by atoms with Gasteiger partial charge in [0, 0.05) is 24.3 Å². The Morgan fingerprint density at radius 2 is 1.35 bits per heavy atom. The van der Waals surface area contributed by atoms with Gasteiger partial charge >= 0.3 is 34.8 Å². The summed E-state index contributed by atoms with van der Waals surface area (Å²) in [6.45, 7) is 6.71. The average Bonchev–Trinajstić information content (AvgIpc) is 4.17. The molecular formula is C41H49B3N5O10P. The van der Waals surface area contributed by atoms with Crippen molar-refractivity contribution in [3.8, 4) is 5.75 Å². The summed E-state index contributed by atoms with van der Waals surface area (Å²) in [4.78, 5) is 38.1. The van der Waals surface area contributed by atoms with Crippen LogP contribution in [0.1, 0.15) is 41.7 Å². The quantitative estimate of drug-likeness (QED) is 0.0346. The molecule has 0 bridgehead atoms. The van der Waals surface area contributed by atoms with Gasteiger partial charge in [0.05, 0.1) is 25.1 Å². The summed E-state index contributed by atoms with van der Waals surface area (Å²) in [6.07, 6.45) is -0.884. The number of ether oxygens (including phenoxy) is 3. The van der Waals surface area contributed by atoms with Crippen molar-refractivity contribution in [2.24, 2.45) is 0 Å². The van der Waals surface area contributed by atoms with E-state index >= 15 is 4.79 Å². The average molecular weight is 835 g/mol. The zero-order valence-corrected chi connectivity index (χ0v) is 34.7. The predicted molar refractivity (Wildman–Crippen MR) is 228 cm³/mol. The Hall–Kier alpha value is -4.64. The van der Waals surface area contributed by atoms with Crippen LogP contribution in [0.5, 0.6) is 5.75 Å². The molecule has 0 aliphatic carbocycles. The second-order valence-electron chi connectivity index (χ2n) is 16.2. The lowest BCUT2D eigenvalue weighted by molar-refractivity contribution is -0.157. The van der Waals surface area contributed by atoms with Gasteiger partial charge < -0.3 is 58.1 Å². The Kier molecular flexibility index (Phi) is 12.2. The Morgan fingerprint density at radius 3 is 1.83 bits per heavy atom. The van der Waals surface area contributed by atoms with Gasteiger partial charge in [-0.15, -0.1) is 0 Å². The van der Waals surface area contributed by atoms with Crippen LogP contribution in [-0.2, 0) is 49.3 Å². The van der Waals surface area contributed by atoms with E-state index in [0.29, 0.717) is 42.9 Å². The summed E-state index contributed by atoms with van der Waals surface area (Å²) in [5, 5.41) is 22.8. The second-order valence-corrected chi connectivity index (χ2v) is 17.8. The first-order valence-electron chi connectivity index (χ1n) is 20.2. The maximum Gasteiger partial charge on any atom is 0.430 e. The first-order chi connectivity index (χ1) is 28.7. The monoisotopic (exact) mass is 835 g/mol. The van der Waals surface area contributed by atoms with Crippen molar-refractivity contribution in [2.75, 3.05) is 24.6 Å². The van der Waals surface area contributed by atoms with Crippen molar-refractivity contribution in [3.05, 3.63) is 131 Å². The van der Waals surface area contributed by atoms with Gasteiger partial charge in [-0.2, -0.15) is 0 Å². The first kappa shape index (κ1) is 42.1. The molecule has 0 unspecified atom stereocenters. The fourth-order valence-corrected chi connectivity index (χ4v) is 8.57. The Morgan fingerprint density at radius 1 is 0.850 bits per heavy atom. The molecule has 5 N–H and O–H groups in total. The van der Waals surface area contributed by atoms with Gasteiger partial charge in [-0.1, -0.05) is 78.9 Å². The lowest BCUT2D eigenvalue weighted by Crippen LogP contribution is -2.51. The Labute approximate surface area is 351 Å². The van der Waals surface area contributed by atoms with Gasteiger partial charge in [-0.3, -0.25) is 9.97 Å². The fraction of sp³-hybridized carbons (Fsp3) is 0.366. The minimum absolute atomic E-state index is 0.155. The normalized spacial score (nSPS) is 21.9. The summed E-state index contributed by atoms with van der Waals surface area (Å²) in [7, 11) is -5.84. The van der Waals surface area contributed by atoms with E-state index in [1.165, 1.54) is 0 Å². The molecule has 15 nitrogen and oxygen atoms in total. The van der Waals surface area contributed by atoms with Crippen molar-refractivity contribution < 1.29 is 47.7 Å². The number of hydrogen-bond acceptors (Lipinski definition) is 10. The van der Waals surface area contributed by atoms with Crippen LogP contribution in [-0.4, -0.2) is 112 Å². The molecule has 0 saturated carbocycles. The molecular weight excluding hydrogens is 786 g/mol. The van der Waals surface area contributed by atoms with E-state index in [4.69, 9.17) is 23.5 Å². The topological polar surface area (TPSA) is 193 Å². The molecule has 0 radical (unpaired) electrons. The summed E-state index contributed by atoms with van der Waals surface area (Å²) in [5.41, 5.74) is 4.66. The van der Waals surface area contributed by atoms with Gasteiger partial charge in [0.2, 0.25) is 0 Å². The lowest BCUT2D eigenvalue weighted by Gasteiger charge is -2.37. The minimum Gasteiger partial charge on any atom is -0.481 e. The first-order valence-corrected chi connectivity index (χ1v) is 22.0. The summed E-state index contributed by atoms with van der Waals surface area (Å²) in [6, 6.07) is 31.3. The third kappa shape index (κ3) is 10.1. The number of urea groups is 1. The van der Waals surface area contributed by atoms with E-state index < -0.39 is 51.1 Å². The second kappa shape index (κ2) is 17.4. The van der Waals surface area contributed by atoms with Crippen molar-refractivity contribution in [3.63, 3.8) is 0 Å². The zero-order valence-electron chi connectivity index (χ0n) is 33.8. The standard InChI is InChI=1S/C41H49B3N5O10P/c1-41(2)58-37-35(21-28-10-6-4-7-11-28)47(23-30-14-17-32(18-15-30)55-27-60(52,53)54)40(50)48(36(38(37)59-41)22-29-12-8-5-9-13-29)24-31-16-19-34(46-42(3)51)33(20-31)39(45)49(43-25-56-43)44-26-57-44/h4-20,35-38,45-46,51H,21-27H2,1-3H3,(H2,52,53,54)/t35-,36-,37+,38+/m1/s1. The molecule has 4 saturated heterocycles. The molecule has 312 valence electrons. The van der Waals surface area contributed by atoms with E-state index in [-0.39, 0.29) is 39.1 Å². The molecule has 19 heteroatoms. The molecule has 4 aromatic carbocycles. The Bertz CT molecular complexity index is 2190. The van der Waals surface area contributed by atoms with Crippen LogP contribution in [0.3, 0.4) is 0 Å². The highest BCUT2D eigenvalue weighted by molar-refractivity contribution is 7.51. The van der Waals surface area contributed by atoms with Crippen LogP contribution in [0, 0.1) is 5.41 Å². The number of carbonyl (C=O) groups is 1. The van der Waals surface area contributed by atoms with E-state index in [1.54, 1.807) is 35.8 Å². The third-order valence-electron chi connectivity index (χ3n) is 11.0. The SMILES string of the molecule is CB(O)Nc1ccc(CN2C(=O)N(Cc3ccc(OCP(=O)(O)O)cc3)[C@H](Cc3ccccc3)[C@@H]3OC(C)(C)O[C@H]3[C@H]2Cc2ccccc2)cc1C(=N)N(B1CO1)B1CO1. The van der Waals surface area contributed by atoms with Gasteiger partial charge in [0.15, 0.2) is 12.1 Å². The molecule has 8 rings (SSSR count). The molecule has 4 aromatic rings. The zero-order chi connectivity index (χ0) is 42.2. The molecule has 4 fully saturated rings. The summed E-state index contributed by atoms with van der Waals surface area (Å²) >= 11 is 0. The predicted octanol–water partition coefficient (Wildman–Crippen LogP) is 4.65.